The molecule has 4 nitrogen and oxygen atoms in total. The van der Waals surface area contributed by atoms with Crippen molar-refractivity contribution in [2.45, 2.75) is 50.7 Å². The minimum absolute atomic E-state index is 0.0928. The van der Waals surface area contributed by atoms with Gasteiger partial charge >= 0.3 is 0 Å². The van der Waals surface area contributed by atoms with Crippen LogP contribution < -0.4 is 5.32 Å². The van der Waals surface area contributed by atoms with Gasteiger partial charge in [0.1, 0.15) is 11.6 Å². The second kappa shape index (κ2) is 8.28. The molecule has 0 fully saturated rings. The van der Waals surface area contributed by atoms with E-state index in [4.69, 9.17) is 11.6 Å². The number of halogens is 1. The van der Waals surface area contributed by atoms with E-state index in [2.05, 4.69) is 29.6 Å². The predicted molar refractivity (Wildman–Crippen MR) is 135 cm³/mol. The third kappa shape index (κ3) is 3.90. The lowest BCUT2D eigenvalue weighted by Gasteiger charge is -2.46. The summed E-state index contributed by atoms with van der Waals surface area (Å²) in [6.07, 6.45) is 9.82. The molecule has 1 spiro atoms. The minimum Gasteiger partial charge on any atom is -0.349 e. The van der Waals surface area contributed by atoms with Crippen LogP contribution in [0.5, 0.6) is 0 Å². The molecule has 0 radical (unpaired) electrons. The molecule has 1 N–H and O–H groups in total. The van der Waals surface area contributed by atoms with E-state index < -0.39 is 17.1 Å². The van der Waals surface area contributed by atoms with Gasteiger partial charge in [0.15, 0.2) is 0 Å². The smallest absolute Gasteiger partial charge is 0.252 e. The van der Waals surface area contributed by atoms with E-state index in [0.717, 1.165) is 28.7 Å². The van der Waals surface area contributed by atoms with E-state index in [0.29, 0.717) is 11.4 Å². The molecular formula is C29H29ClN2O2. The van der Waals surface area contributed by atoms with Crippen LogP contribution >= 0.6 is 11.6 Å². The molecule has 1 unspecified atom stereocenters. The van der Waals surface area contributed by atoms with Crippen LogP contribution in [-0.2, 0) is 16.0 Å². The van der Waals surface area contributed by atoms with E-state index in [-0.39, 0.29) is 17.7 Å². The Labute approximate surface area is 206 Å². The maximum atomic E-state index is 14.2. The highest BCUT2D eigenvalue weighted by Crippen LogP contribution is 2.52. The fourth-order valence-electron chi connectivity index (χ4n) is 5.37. The van der Waals surface area contributed by atoms with E-state index in [1.807, 2.05) is 75.4 Å². The number of benzene rings is 2. The van der Waals surface area contributed by atoms with E-state index in [1.165, 1.54) is 0 Å². The molecule has 2 bridgehead atoms. The van der Waals surface area contributed by atoms with Crippen LogP contribution in [0.1, 0.15) is 44.4 Å². The summed E-state index contributed by atoms with van der Waals surface area (Å²) in [5.74, 6) is 0.00146. The number of carbonyl (C=O) groups excluding carboxylic acids is 2. The molecule has 34 heavy (non-hydrogen) atoms. The third-order valence-electron chi connectivity index (χ3n) is 6.75. The van der Waals surface area contributed by atoms with Gasteiger partial charge in [-0.25, -0.2) is 0 Å². The molecule has 3 aliphatic carbocycles. The number of carbonyl (C=O) groups is 2. The molecule has 0 aromatic heterocycles. The van der Waals surface area contributed by atoms with E-state index in [9.17, 15) is 9.59 Å². The van der Waals surface area contributed by atoms with Crippen molar-refractivity contribution in [3.8, 4) is 0 Å². The molecular weight excluding hydrogens is 444 g/mol. The highest BCUT2D eigenvalue weighted by atomic mass is 35.5. The standard InChI is InChI=1S/C29H29ClN2O2/c1-28(2,3)31-26(33)25(21-9-5-4-6-10-21)32-27(34)23(17-20-8-7-11-22(30)16-20)24-18-19-12-14-29(24,32)15-13-19/h4-16,19,25H,17-18H2,1-3H3,(H,31,33). The van der Waals surface area contributed by atoms with Gasteiger partial charge in [0, 0.05) is 22.6 Å². The lowest BCUT2D eigenvalue weighted by molar-refractivity contribution is -0.140. The van der Waals surface area contributed by atoms with E-state index >= 15 is 0 Å². The van der Waals surface area contributed by atoms with Crippen molar-refractivity contribution >= 4 is 23.4 Å². The number of rotatable bonds is 5. The molecule has 2 amide bonds. The lowest BCUT2D eigenvalue weighted by Crippen LogP contribution is -2.55. The highest BCUT2D eigenvalue weighted by molar-refractivity contribution is 6.30. The summed E-state index contributed by atoms with van der Waals surface area (Å²) < 4.78 is 0. The molecule has 2 aromatic rings. The van der Waals surface area contributed by atoms with Gasteiger partial charge in [-0.1, -0.05) is 78.4 Å². The van der Waals surface area contributed by atoms with Gasteiger partial charge in [0.25, 0.3) is 5.91 Å². The maximum absolute atomic E-state index is 14.2. The van der Waals surface area contributed by atoms with Crippen LogP contribution in [0, 0.1) is 5.92 Å². The van der Waals surface area contributed by atoms with Gasteiger partial charge in [-0.05, 0) is 61.9 Å². The van der Waals surface area contributed by atoms with Gasteiger partial charge in [0.05, 0.1) is 0 Å². The monoisotopic (exact) mass is 472 g/mol. The van der Waals surface area contributed by atoms with Crippen molar-refractivity contribution in [1.29, 1.82) is 0 Å². The molecule has 0 saturated carbocycles. The number of allylic oxidation sites excluding steroid dienone is 2. The summed E-state index contributed by atoms with van der Waals surface area (Å²) in [4.78, 5) is 29.8. The molecule has 1 heterocycles. The highest BCUT2D eigenvalue weighted by Gasteiger charge is 2.55. The van der Waals surface area contributed by atoms with E-state index in [1.54, 1.807) is 4.90 Å². The van der Waals surface area contributed by atoms with Crippen LogP contribution in [0.15, 0.2) is 90.0 Å². The quantitative estimate of drug-likeness (QED) is 0.579. The molecule has 1 atom stereocenters. The Hall–Kier alpha value is -3.11. The molecule has 6 rings (SSSR count). The van der Waals surface area contributed by atoms with Gasteiger partial charge in [-0.3, -0.25) is 9.59 Å². The zero-order valence-electron chi connectivity index (χ0n) is 19.7. The summed E-state index contributed by atoms with van der Waals surface area (Å²) in [6, 6.07) is 16.5. The summed E-state index contributed by atoms with van der Waals surface area (Å²) in [7, 11) is 0. The maximum Gasteiger partial charge on any atom is 0.252 e. The Morgan fingerprint density at radius 1 is 1.12 bits per heavy atom. The summed E-state index contributed by atoms with van der Waals surface area (Å²) in [5.41, 5.74) is 2.49. The molecule has 4 aliphatic rings. The average Bonchev–Trinajstić information content (AvgIpc) is 3.02. The Bertz CT molecular complexity index is 1220. The van der Waals surface area contributed by atoms with Crippen molar-refractivity contribution in [2.75, 3.05) is 0 Å². The summed E-state index contributed by atoms with van der Waals surface area (Å²) >= 11 is 6.24. The minimum atomic E-state index is -0.760. The number of hydrogen-bond donors (Lipinski definition) is 1. The predicted octanol–water partition coefficient (Wildman–Crippen LogP) is 5.56. The summed E-state index contributed by atoms with van der Waals surface area (Å²) in [5, 5.41) is 3.77. The molecule has 5 heteroatoms. The summed E-state index contributed by atoms with van der Waals surface area (Å²) in [6.45, 7) is 5.87. The number of nitrogens with zero attached hydrogens (tertiary/aromatic N) is 1. The normalized spacial score (nSPS) is 23.9. The van der Waals surface area contributed by atoms with Gasteiger partial charge in [-0.15, -0.1) is 0 Å². The van der Waals surface area contributed by atoms with Crippen molar-refractivity contribution in [3.05, 3.63) is 106 Å². The first-order valence-corrected chi connectivity index (χ1v) is 12.1. The largest absolute Gasteiger partial charge is 0.349 e. The zero-order chi connectivity index (χ0) is 24.1. The second-order valence-corrected chi connectivity index (χ2v) is 10.8. The van der Waals surface area contributed by atoms with Crippen LogP contribution in [0.25, 0.3) is 0 Å². The molecule has 174 valence electrons. The van der Waals surface area contributed by atoms with Crippen molar-refractivity contribution in [2.24, 2.45) is 5.92 Å². The second-order valence-electron chi connectivity index (χ2n) is 10.4. The van der Waals surface area contributed by atoms with Crippen molar-refractivity contribution in [3.63, 3.8) is 0 Å². The van der Waals surface area contributed by atoms with Crippen LogP contribution in [0.4, 0.5) is 0 Å². The first-order valence-electron chi connectivity index (χ1n) is 11.7. The van der Waals surface area contributed by atoms with Gasteiger partial charge in [-0.2, -0.15) is 0 Å². The van der Waals surface area contributed by atoms with Crippen molar-refractivity contribution in [1.82, 2.24) is 10.2 Å². The number of amides is 2. The Morgan fingerprint density at radius 3 is 2.47 bits per heavy atom. The Balaban J connectivity index is 1.63. The topological polar surface area (TPSA) is 49.4 Å². The van der Waals surface area contributed by atoms with Crippen LogP contribution in [0.3, 0.4) is 0 Å². The third-order valence-corrected chi connectivity index (χ3v) is 6.98. The molecule has 0 saturated heterocycles. The molecule has 2 aromatic carbocycles. The Morgan fingerprint density at radius 2 is 1.82 bits per heavy atom. The average molecular weight is 473 g/mol. The zero-order valence-corrected chi connectivity index (χ0v) is 20.5. The molecule has 1 aliphatic heterocycles. The van der Waals surface area contributed by atoms with Crippen molar-refractivity contribution < 1.29 is 9.59 Å². The van der Waals surface area contributed by atoms with Crippen LogP contribution in [0.2, 0.25) is 5.02 Å². The lowest BCUT2D eigenvalue weighted by atomic mass is 9.71. The van der Waals surface area contributed by atoms with Gasteiger partial charge < -0.3 is 10.2 Å². The Kier molecular flexibility index (Phi) is 5.52. The number of hydrogen-bond acceptors (Lipinski definition) is 2. The van der Waals surface area contributed by atoms with Gasteiger partial charge in [0.2, 0.25) is 5.91 Å². The van der Waals surface area contributed by atoms with Crippen LogP contribution in [-0.4, -0.2) is 27.8 Å². The SMILES string of the molecule is CC(C)(C)NC(=O)C(c1ccccc1)N1C(=O)C(Cc2cccc(Cl)c2)=C2CC3C=CC21C=C3. The number of nitrogens with one attached hydrogen (secondary N) is 1. The first-order chi connectivity index (χ1) is 16.2. The fraction of sp³-hybridized carbons (Fsp3) is 0.310. The first kappa shape index (κ1) is 22.7. The fourth-order valence-corrected chi connectivity index (χ4v) is 5.58.